The van der Waals surface area contributed by atoms with Crippen molar-refractivity contribution in [3.05, 3.63) is 53.3 Å². The molecule has 0 aliphatic carbocycles. The summed E-state index contributed by atoms with van der Waals surface area (Å²) in [5.74, 6) is -0.312. The first-order chi connectivity index (χ1) is 6.69. The SMILES string of the molecule is C=C/C=C(/CC)c1ccc(F)cc1Cl. The van der Waals surface area contributed by atoms with Gasteiger partial charge in [0, 0.05) is 0 Å². The van der Waals surface area contributed by atoms with Gasteiger partial charge in [-0.15, -0.1) is 0 Å². The van der Waals surface area contributed by atoms with Crippen LogP contribution in [0.15, 0.2) is 36.9 Å². The van der Waals surface area contributed by atoms with Crippen LogP contribution < -0.4 is 0 Å². The summed E-state index contributed by atoms with van der Waals surface area (Å²) in [5, 5.41) is 0.444. The van der Waals surface area contributed by atoms with Crippen molar-refractivity contribution in [1.29, 1.82) is 0 Å². The molecule has 0 fully saturated rings. The van der Waals surface area contributed by atoms with E-state index in [2.05, 4.69) is 6.58 Å². The molecule has 0 bridgehead atoms. The molecule has 0 amide bonds. The first kappa shape index (κ1) is 11.0. The molecule has 14 heavy (non-hydrogen) atoms. The predicted octanol–water partition coefficient (Wildman–Crippen LogP) is 4.46. The van der Waals surface area contributed by atoms with Crippen LogP contribution in [0.2, 0.25) is 5.02 Å². The van der Waals surface area contributed by atoms with E-state index in [1.165, 1.54) is 12.1 Å². The van der Waals surface area contributed by atoms with E-state index in [1.807, 2.05) is 13.0 Å². The van der Waals surface area contributed by atoms with Crippen molar-refractivity contribution in [2.24, 2.45) is 0 Å². The van der Waals surface area contributed by atoms with Crippen molar-refractivity contribution in [2.75, 3.05) is 0 Å². The quantitative estimate of drug-likeness (QED) is 0.647. The van der Waals surface area contributed by atoms with Gasteiger partial charge in [0.15, 0.2) is 0 Å². The van der Waals surface area contributed by atoms with Gasteiger partial charge in [0.05, 0.1) is 5.02 Å². The van der Waals surface area contributed by atoms with Crippen molar-refractivity contribution < 1.29 is 4.39 Å². The third kappa shape index (κ3) is 2.46. The molecule has 1 aromatic carbocycles. The van der Waals surface area contributed by atoms with E-state index >= 15 is 0 Å². The fraction of sp³-hybridized carbons (Fsp3) is 0.167. The van der Waals surface area contributed by atoms with Crippen LogP contribution in [0, 0.1) is 5.82 Å². The van der Waals surface area contributed by atoms with E-state index in [4.69, 9.17) is 11.6 Å². The van der Waals surface area contributed by atoms with Crippen LogP contribution in [-0.2, 0) is 0 Å². The fourth-order valence-electron chi connectivity index (χ4n) is 1.29. The zero-order valence-electron chi connectivity index (χ0n) is 8.06. The number of hydrogen-bond acceptors (Lipinski definition) is 0. The minimum atomic E-state index is -0.312. The van der Waals surface area contributed by atoms with Crippen LogP contribution in [0.1, 0.15) is 18.9 Å². The van der Waals surface area contributed by atoms with Crippen LogP contribution in [0.5, 0.6) is 0 Å². The Bertz CT molecular complexity index is 367. The van der Waals surface area contributed by atoms with Crippen LogP contribution in [0.3, 0.4) is 0 Å². The highest BCUT2D eigenvalue weighted by molar-refractivity contribution is 6.32. The van der Waals surface area contributed by atoms with E-state index in [0.29, 0.717) is 5.02 Å². The molecule has 0 heterocycles. The highest BCUT2D eigenvalue weighted by atomic mass is 35.5. The van der Waals surface area contributed by atoms with E-state index in [0.717, 1.165) is 17.6 Å². The lowest BCUT2D eigenvalue weighted by molar-refractivity contribution is 0.628. The summed E-state index contributed by atoms with van der Waals surface area (Å²) in [7, 11) is 0. The Balaban J connectivity index is 3.17. The minimum Gasteiger partial charge on any atom is -0.207 e. The van der Waals surface area contributed by atoms with E-state index in [-0.39, 0.29) is 5.82 Å². The molecule has 0 unspecified atom stereocenters. The highest BCUT2D eigenvalue weighted by Crippen LogP contribution is 2.26. The minimum absolute atomic E-state index is 0.312. The van der Waals surface area contributed by atoms with Crippen molar-refractivity contribution in [3.8, 4) is 0 Å². The number of benzene rings is 1. The zero-order chi connectivity index (χ0) is 10.6. The van der Waals surface area contributed by atoms with Crippen LogP contribution in [-0.4, -0.2) is 0 Å². The maximum atomic E-state index is 12.8. The summed E-state index contributed by atoms with van der Waals surface area (Å²) in [4.78, 5) is 0. The lowest BCUT2D eigenvalue weighted by Crippen LogP contribution is -1.85. The van der Waals surface area contributed by atoms with Crippen LogP contribution in [0.4, 0.5) is 4.39 Å². The van der Waals surface area contributed by atoms with Gasteiger partial charge in [-0.25, -0.2) is 4.39 Å². The first-order valence-electron chi connectivity index (χ1n) is 4.46. The van der Waals surface area contributed by atoms with Gasteiger partial charge in [0.2, 0.25) is 0 Å². The van der Waals surface area contributed by atoms with Crippen molar-refractivity contribution in [1.82, 2.24) is 0 Å². The molecule has 0 saturated heterocycles. The normalized spacial score (nSPS) is 11.5. The van der Waals surface area contributed by atoms with Crippen molar-refractivity contribution in [2.45, 2.75) is 13.3 Å². The van der Waals surface area contributed by atoms with Crippen molar-refractivity contribution >= 4 is 17.2 Å². The highest BCUT2D eigenvalue weighted by Gasteiger charge is 2.04. The van der Waals surface area contributed by atoms with Crippen LogP contribution >= 0.6 is 11.6 Å². The van der Waals surface area contributed by atoms with Gasteiger partial charge < -0.3 is 0 Å². The summed E-state index contributed by atoms with van der Waals surface area (Å²) < 4.78 is 12.8. The van der Waals surface area contributed by atoms with Gasteiger partial charge in [-0.05, 0) is 29.7 Å². The molecule has 0 aliphatic heterocycles. The van der Waals surface area contributed by atoms with Gasteiger partial charge in [0.25, 0.3) is 0 Å². The topological polar surface area (TPSA) is 0 Å². The van der Waals surface area contributed by atoms with Gasteiger partial charge in [-0.2, -0.15) is 0 Å². The molecular weight excluding hydrogens is 199 g/mol. The number of halogens is 2. The summed E-state index contributed by atoms with van der Waals surface area (Å²) >= 11 is 5.92. The number of rotatable bonds is 3. The average Bonchev–Trinajstić information content (AvgIpc) is 2.15. The lowest BCUT2D eigenvalue weighted by Gasteiger charge is -2.06. The first-order valence-corrected chi connectivity index (χ1v) is 4.83. The smallest absolute Gasteiger partial charge is 0.124 e. The predicted molar refractivity (Wildman–Crippen MR) is 59.9 cm³/mol. The second kappa shape index (κ2) is 4.97. The molecule has 1 rings (SSSR count). The number of hydrogen-bond donors (Lipinski definition) is 0. The standard InChI is InChI=1S/C12H12ClF/c1-3-5-9(4-2)11-7-6-10(14)8-12(11)13/h3,5-8H,1,4H2,2H3/b9-5-. The third-order valence-electron chi connectivity index (χ3n) is 1.98. The zero-order valence-corrected chi connectivity index (χ0v) is 8.81. The maximum absolute atomic E-state index is 12.8. The van der Waals surface area contributed by atoms with E-state index in [1.54, 1.807) is 12.1 Å². The van der Waals surface area contributed by atoms with E-state index in [9.17, 15) is 4.39 Å². The van der Waals surface area contributed by atoms with Gasteiger partial charge in [-0.3, -0.25) is 0 Å². The molecule has 0 atom stereocenters. The Morgan fingerprint density at radius 1 is 1.57 bits per heavy atom. The molecule has 0 aromatic heterocycles. The molecule has 0 N–H and O–H groups in total. The van der Waals surface area contributed by atoms with E-state index < -0.39 is 0 Å². The van der Waals surface area contributed by atoms with Crippen molar-refractivity contribution in [3.63, 3.8) is 0 Å². The Morgan fingerprint density at radius 3 is 2.79 bits per heavy atom. The molecule has 0 radical (unpaired) electrons. The second-order valence-corrected chi connectivity index (χ2v) is 3.31. The third-order valence-corrected chi connectivity index (χ3v) is 2.29. The molecule has 1 aromatic rings. The monoisotopic (exact) mass is 210 g/mol. The molecule has 0 aliphatic rings. The largest absolute Gasteiger partial charge is 0.207 e. The maximum Gasteiger partial charge on any atom is 0.124 e. The van der Waals surface area contributed by atoms with Gasteiger partial charge >= 0.3 is 0 Å². The Labute approximate surface area is 88.7 Å². The Hall–Kier alpha value is -1.08. The molecular formula is C12H12ClF. The molecule has 74 valence electrons. The van der Waals surface area contributed by atoms with Gasteiger partial charge in [0.1, 0.15) is 5.82 Å². The van der Waals surface area contributed by atoms with Crippen LogP contribution in [0.25, 0.3) is 5.57 Å². The lowest BCUT2D eigenvalue weighted by atomic mass is 10.0. The molecule has 0 nitrogen and oxygen atoms in total. The molecule has 0 saturated carbocycles. The summed E-state index contributed by atoms with van der Waals surface area (Å²) in [6.45, 7) is 5.65. The van der Waals surface area contributed by atoms with Gasteiger partial charge in [-0.1, -0.05) is 43.3 Å². The fourth-order valence-corrected chi connectivity index (χ4v) is 1.58. The summed E-state index contributed by atoms with van der Waals surface area (Å²) in [5.41, 5.74) is 1.93. The Kier molecular flexibility index (Phi) is 3.90. The second-order valence-electron chi connectivity index (χ2n) is 2.91. The molecule has 0 spiro atoms. The molecule has 2 heteroatoms. The summed E-state index contributed by atoms with van der Waals surface area (Å²) in [6.07, 6.45) is 4.44. The average molecular weight is 211 g/mol. The summed E-state index contributed by atoms with van der Waals surface area (Å²) in [6, 6.07) is 4.42. The Morgan fingerprint density at radius 2 is 2.29 bits per heavy atom. The number of allylic oxidation sites excluding steroid dienone is 3.